The van der Waals surface area contributed by atoms with Gasteiger partial charge in [0.25, 0.3) is 0 Å². The summed E-state index contributed by atoms with van der Waals surface area (Å²) in [6.07, 6.45) is 7.71. The lowest BCUT2D eigenvalue weighted by molar-refractivity contribution is -0.0284. The lowest BCUT2D eigenvalue weighted by atomic mass is 9.72. The molecule has 1 atom stereocenters. The summed E-state index contributed by atoms with van der Waals surface area (Å²) in [5.74, 6) is 0.830. The fourth-order valence-corrected chi connectivity index (χ4v) is 3.78. The number of rotatable bonds is 2. The normalized spacial score (nSPS) is 34.4. The van der Waals surface area contributed by atoms with Crippen molar-refractivity contribution in [1.82, 2.24) is 0 Å². The first-order valence-corrected chi connectivity index (χ1v) is 7.78. The molecule has 0 amide bonds. The number of benzene rings is 1. The molecular weight excluding hydrogens is 234 g/mol. The van der Waals surface area contributed by atoms with E-state index in [4.69, 9.17) is 0 Å². The molecule has 19 heavy (non-hydrogen) atoms. The Morgan fingerprint density at radius 2 is 1.95 bits per heavy atom. The van der Waals surface area contributed by atoms with Gasteiger partial charge in [0.2, 0.25) is 0 Å². The molecule has 2 N–H and O–H groups in total. The summed E-state index contributed by atoms with van der Waals surface area (Å²) in [5.41, 5.74) is 2.13. The molecule has 1 unspecified atom stereocenters. The van der Waals surface area contributed by atoms with E-state index in [0.29, 0.717) is 0 Å². The number of anilines is 1. The lowest BCUT2D eigenvalue weighted by Gasteiger charge is -2.44. The van der Waals surface area contributed by atoms with Gasteiger partial charge in [-0.2, -0.15) is 0 Å². The molecule has 1 fully saturated rings. The zero-order valence-corrected chi connectivity index (χ0v) is 11.9. The molecular formula is C17H25NO. The predicted octanol–water partition coefficient (Wildman–Crippen LogP) is 3.74. The van der Waals surface area contributed by atoms with E-state index < -0.39 is 5.60 Å². The van der Waals surface area contributed by atoms with Gasteiger partial charge in [-0.15, -0.1) is 0 Å². The van der Waals surface area contributed by atoms with Crippen molar-refractivity contribution in [2.45, 2.75) is 63.5 Å². The number of aliphatic hydroxyl groups is 1. The summed E-state index contributed by atoms with van der Waals surface area (Å²) in [5, 5.41) is 14.6. The van der Waals surface area contributed by atoms with Gasteiger partial charge in [0.15, 0.2) is 0 Å². The molecule has 1 heterocycles. The summed E-state index contributed by atoms with van der Waals surface area (Å²) in [7, 11) is 0. The number of hydrogen-bond donors (Lipinski definition) is 2. The van der Waals surface area contributed by atoms with Crippen LogP contribution in [0.1, 0.15) is 51.0 Å². The third kappa shape index (κ3) is 2.51. The van der Waals surface area contributed by atoms with E-state index in [0.717, 1.165) is 31.6 Å². The highest BCUT2D eigenvalue weighted by Crippen LogP contribution is 2.40. The van der Waals surface area contributed by atoms with Crippen LogP contribution in [0, 0.1) is 5.92 Å². The van der Waals surface area contributed by atoms with Gasteiger partial charge in [-0.1, -0.05) is 31.5 Å². The zero-order chi connectivity index (χ0) is 13.3. The first-order chi connectivity index (χ1) is 9.21. The van der Waals surface area contributed by atoms with Crippen molar-refractivity contribution in [2.24, 2.45) is 5.92 Å². The van der Waals surface area contributed by atoms with Crippen molar-refractivity contribution in [3.8, 4) is 0 Å². The van der Waals surface area contributed by atoms with Gasteiger partial charge >= 0.3 is 0 Å². The summed E-state index contributed by atoms with van der Waals surface area (Å²) >= 11 is 0. The number of hydrogen-bond acceptors (Lipinski definition) is 2. The summed E-state index contributed by atoms with van der Waals surface area (Å²) < 4.78 is 0. The minimum absolute atomic E-state index is 0.236. The van der Waals surface area contributed by atoms with Crippen LogP contribution in [0.5, 0.6) is 0 Å². The number of para-hydroxylation sites is 1. The monoisotopic (exact) mass is 259 g/mol. The molecule has 2 aliphatic rings. The molecule has 1 aliphatic heterocycles. The summed E-state index contributed by atoms with van der Waals surface area (Å²) in [4.78, 5) is 0. The highest BCUT2D eigenvalue weighted by molar-refractivity contribution is 5.54. The topological polar surface area (TPSA) is 32.3 Å². The van der Waals surface area contributed by atoms with Gasteiger partial charge in [-0.25, -0.2) is 0 Å². The van der Waals surface area contributed by atoms with E-state index in [-0.39, 0.29) is 6.04 Å². The van der Waals surface area contributed by atoms with Crippen LogP contribution in [0.3, 0.4) is 0 Å². The first kappa shape index (κ1) is 13.0. The third-order valence-corrected chi connectivity index (χ3v) is 5.25. The number of nitrogens with one attached hydrogen (secondary N) is 1. The Bertz CT molecular complexity index is 435. The van der Waals surface area contributed by atoms with Crippen molar-refractivity contribution in [2.75, 3.05) is 5.32 Å². The standard InChI is InChI=1S/C17H25NO/c1-2-13-9-11-17(19,12-10-13)16-8-7-14-5-3-4-6-15(14)18-16/h3-6,13,16,18-19H,2,7-12H2,1H3. The van der Waals surface area contributed by atoms with E-state index in [1.165, 1.54) is 30.5 Å². The Morgan fingerprint density at radius 3 is 2.68 bits per heavy atom. The molecule has 0 aromatic heterocycles. The van der Waals surface area contributed by atoms with Crippen molar-refractivity contribution in [3.05, 3.63) is 29.8 Å². The second-order valence-corrected chi connectivity index (χ2v) is 6.35. The second-order valence-electron chi connectivity index (χ2n) is 6.35. The number of aryl methyl sites for hydroxylation is 1. The van der Waals surface area contributed by atoms with Crippen LogP contribution in [-0.4, -0.2) is 16.7 Å². The van der Waals surface area contributed by atoms with Crippen LogP contribution < -0.4 is 5.32 Å². The Hall–Kier alpha value is -1.02. The summed E-state index contributed by atoms with van der Waals surface area (Å²) in [6, 6.07) is 8.74. The molecule has 0 saturated heterocycles. The molecule has 2 heteroatoms. The molecule has 1 aliphatic carbocycles. The maximum atomic E-state index is 11.0. The first-order valence-electron chi connectivity index (χ1n) is 7.78. The maximum Gasteiger partial charge on any atom is 0.0848 e. The quantitative estimate of drug-likeness (QED) is 0.848. The van der Waals surface area contributed by atoms with Crippen LogP contribution in [0.2, 0.25) is 0 Å². The van der Waals surface area contributed by atoms with E-state index >= 15 is 0 Å². The fraction of sp³-hybridized carbons (Fsp3) is 0.647. The van der Waals surface area contributed by atoms with Gasteiger partial charge in [-0.3, -0.25) is 0 Å². The van der Waals surface area contributed by atoms with Gasteiger partial charge in [0, 0.05) is 5.69 Å². The largest absolute Gasteiger partial charge is 0.388 e. The van der Waals surface area contributed by atoms with Crippen LogP contribution in [0.15, 0.2) is 24.3 Å². The average molecular weight is 259 g/mol. The Balaban J connectivity index is 1.71. The minimum Gasteiger partial charge on any atom is -0.388 e. The van der Waals surface area contributed by atoms with Crippen molar-refractivity contribution in [3.63, 3.8) is 0 Å². The molecule has 3 rings (SSSR count). The van der Waals surface area contributed by atoms with Gasteiger partial charge in [0.1, 0.15) is 0 Å². The van der Waals surface area contributed by atoms with Gasteiger partial charge in [-0.05, 0) is 56.1 Å². The highest BCUT2D eigenvalue weighted by Gasteiger charge is 2.40. The van der Waals surface area contributed by atoms with Crippen LogP contribution in [-0.2, 0) is 6.42 Å². The van der Waals surface area contributed by atoms with E-state index in [1.807, 2.05) is 0 Å². The third-order valence-electron chi connectivity index (χ3n) is 5.25. The minimum atomic E-state index is -0.487. The predicted molar refractivity (Wildman–Crippen MR) is 79.4 cm³/mol. The van der Waals surface area contributed by atoms with Crippen molar-refractivity contribution >= 4 is 5.69 Å². The van der Waals surface area contributed by atoms with Gasteiger partial charge in [0.05, 0.1) is 11.6 Å². The molecule has 0 bridgehead atoms. The van der Waals surface area contributed by atoms with Crippen LogP contribution in [0.4, 0.5) is 5.69 Å². The molecule has 1 aromatic rings. The maximum absolute atomic E-state index is 11.0. The van der Waals surface area contributed by atoms with Crippen LogP contribution in [0.25, 0.3) is 0 Å². The summed E-state index contributed by atoms with van der Waals surface area (Å²) in [6.45, 7) is 2.27. The van der Waals surface area contributed by atoms with Gasteiger partial charge < -0.3 is 10.4 Å². The molecule has 0 radical (unpaired) electrons. The smallest absolute Gasteiger partial charge is 0.0848 e. The zero-order valence-electron chi connectivity index (χ0n) is 11.9. The Labute approximate surface area is 116 Å². The average Bonchev–Trinajstić information content (AvgIpc) is 2.47. The molecule has 104 valence electrons. The molecule has 2 nitrogen and oxygen atoms in total. The van der Waals surface area contributed by atoms with Crippen molar-refractivity contribution in [1.29, 1.82) is 0 Å². The molecule has 1 saturated carbocycles. The van der Waals surface area contributed by atoms with E-state index in [2.05, 4.69) is 36.5 Å². The van der Waals surface area contributed by atoms with E-state index in [9.17, 15) is 5.11 Å². The highest BCUT2D eigenvalue weighted by atomic mass is 16.3. The second kappa shape index (κ2) is 5.16. The van der Waals surface area contributed by atoms with E-state index in [1.54, 1.807) is 0 Å². The molecule has 1 aromatic carbocycles. The lowest BCUT2D eigenvalue weighted by Crippen LogP contribution is -2.50. The number of fused-ring (bicyclic) bond motifs is 1. The van der Waals surface area contributed by atoms with Crippen LogP contribution >= 0.6 is 0 Å². The fourth-order valence-electron chi connectivity index (χ4n) is 3.78. The molecule has 0 spiro atoms. The SMILES string of the molecule is CCC1CCC(O)(C2CCc3ccccc3N2)CC1. The van der Waals surface area contributed by atoms with Crippen molar-refractivity contribution < 1.29 is 5.11 Å². The Morgan fingerprint density at radius 1 is 1.21 bits per heavy atom. The Kier molecular flexibility index (Phi) is 3.53.